The summed E-state index contributed by atoms with van der Waals surface area (Å²) in [4.78, 5) is 24.0. The maximum absolute atomic E-state index is 11.3. The summed E-state index contributed by atoms with van der Waals surface area (Å²) >= 11 is 0. The van der Waals surface area contributed by atoms with E-state index in [1.807, 2.05) is 0 Å². The van der Waals surface area contributed by atoms with E-state index >= 15 is 0 Å². The van der Waals surface area contributed by atoms with E-state index in [1.54, 1.807) is 13.0 Å². The van der Waals surface area contributed by atoms with E-state index in [0.29, 0.717) is 12.3 Å². The molecule has 0 atom stereocenters. The number of ether oxygens (including phenoxy) is 1. The van der Waals surface area contributed by atoms with Gasteiger partial charge in [-0.3, -0.25) is 4.79 Å². The molecule has 0 spiro atoms. The van der Waals surface area contributed by atoms with Gasteiger partial charge in [-0.2, -0.15) is 0 Å². The van der Waals surface area contributed by atoms with Gasteiger partial charge >= 0.3 is 5.97 Å². The zero-order valence-electron chi connectivity index (χ0n) is 8.95. The number of halogens is 1. The molecule has 6 heteroatoms. The Morgan fingerprint density at radius 1 is 1.53 bits per heavy atom. The largest absolute Gasteiger partial charge is 0.464 e. The Bertz CT molecular complexity index is 268. The molecule has 0 fully saturated rings. The minimum atomic E-state index is -0.521. The number of methoxy groups -OCH3 is 1. The fraction of sp³-hybridized carbons (Fsp3) is 0.556. The van der Waals surface area contributed by atoms with Crippen molar-refractivity contribution >= 4 is 33.5 Å². The molecule has 0 aliphatic rings. The smallest absolute Gasteiger partial charge is 0.354 e. The summed E-state index contributed by atoms with van der Waals surface area (Å²) in [6, 6.07) is 0. The van der Waals surface area contributed by atoms with Crippen molar-refractivity contribution in [3.8, 4) is 0 Å². The van der Waals surface area contributed by atoms with E-state index in [4.69, 9.17) is 10.7 Å². The first-order valence-electron chi connectivity index (χ1n) is 4.34. The van der Waals surface area contributed by atoms with Crippen LogP contribution >= 0.6 is 21.7 Å². The van der Waals surface area contributed by atoms with E-state index in [2.05, 4.69) is 4.74 Å². The van der Waals surface area contributed by atoms with Crippen molar-refractivity contribution in [1.29, 1.82) is 0 Å². The number of carbonyl (C=O) groups excluding carboxylic acids is 2. The van der Waals surface area contributed by atoms with E-state index < -0.39 is 5.97 Å². The third-order valence-corrected chi connectivity index (χ3v) is 2.53. The normalized spacial score (nSPS) is 11.1. The minimum Gasteiger partial charge on any atom is -0.464 e. The van der Waals surface area contributed by atoms with Crippen molar-refractivity contribution < 1.29 is 14.3 Å². The fourth-order valence-corrected chi connectivity index (χ4v) is 1.52. The maximum Gasteiger partial charge on any atom is 0.354 e. The quantitative estimate of drug-likeness (QED) is 0.552. The predicted molar refractivity (Wildman–Crippen MR) is 61.5 cm³/mol. The second kappa shape index (κ2) is 7.59. The summed E-state index contributed by atoms with van der Waals surface area (Å²) < 4.78 is 4.57. The average Bonchev–Trinajstić information content (AvgIpc) is 2.22. The van der Waals surface area contributed by atoms with Gasteiger partial charge in [0.05, 0.1) is 7.11 Å². The Balaban J connectivity index is 4.72. The number of hydrogen-bond donors (Lipinski definition) is 0. The molecule has 0 radical (unpaired) electrons. The molecule has 0 rings (SSSR count). The van der Waals surface area contributed by atoms with Gasteiger partial charge in [-0.05, 0) is 17.6 Å². The summed E-state index contributed by atoms with van der Waals surface area (Å²) in [5, 5.41) is 0. The highest BCUT2D eigenvalue weighted by molar-refractivity contribution is 8.21. The van der Waals surface area contributed by atoms with Crippen LogP contribution in [0.15, 0.2) is 11.8 Å². The lowest BCUT2D eigenvalue weighted by molar-refractivity contribution is -0.141. The van der Waals surface area contributed by atoms with Crippen LogP contribution in [0.4, 0.5) is 0 Å². The van der Waals surface area contributed by atoms with Gasteiger partial charge in [0.25, 0.3) is 0 Å². The molecule has 1 amide bonds. The fourth-order valence-electron chi connectivity index (χ4n) is 1.06. The molecule has 4 nitrogen and oxygen atoms in total. The van der Waals surface area contributed by atoms with E-state index in [1.165, 1.54) is 18.9 Å². The van der Waals surface area contributed by atoms with Crippen molar-refractivity contribution in [2.45, 2.75) is 13.8 Å². The summed E-state index contributed by atoms with van der Waals surface area (Å²) in [6.07, 6.45) is 1.55. The number of hydrogen-bond acceptors (Lipinski definition) is 4. The predicted octanol–water partition coefficient (Wildman–Crippen LogP) is 1.80. The summed E-state index contributed by atoms with van der Waals surface area (Å²) in [5.74, 6) is -0.179. The molecule has 0 saturated carbocycles. The van der Waals surface area contributed by atoms with Crippen molar-refractivity contribution in [2.24, 2.45) is 0 Å². The van der Waals surface area contributed by atoms with Crippen LogP contribution in [0.2, 0.25) is 0 Å². The zero-order chi connectivity index (χ0) is 11.8. The van der Waals surface area contributed by atoms with Crippen LogP contribution < -0.4 is 0 Å². The monoisotopic (exact) mass is 251 g/mol. The number of nitrogens with zero attached hydrogens (tertiary/aromatic N) is 1. The highest BCUT2D eigenvalue weighted by atomic mass is 35.7. The Morgan fingerprint density at radius 3 is 2.47 bits per heavy atom. The average molecular weight is 252 g/mol. The first-order chi connectivity index (χ1) is 7.08. The van der Waals surface area contributed by atoms with Gasteiger partial charge in [0.1, 0.15) is 5.70 Å². The number of rotatable bonds is 5. The van der Waals surface area contributed by atoms with Crippen LogP contribution in [-0.2, 0) is 14.3 Å². The number of esters is 1. The molecule has 15 heavy (non-hydrogen) atoms. The molecular weight excluding hydrogens is 238 g/mol. The Labute approximate surface area is 98.1 Å². The standard InChI is InChI=1S/C9H14ClNO3S/c1-4-8(9(13)14-3)11(7(2)12)5-6-15-10/h4H,5-6H2,1-3H3/b8-4+. The summed E-state index contributed by atoms with van der Waals surface area (Å²) in [5.41, 5.74) is 0.246. The van der Waals surface area contributed by atoms with Gasteiger partial charge in [0.2, 0.25) is 5.91 Å². The third-order valence-electron chi connectivity index (χ3n) is 1.73. The molecule has 0 unspecified atom stereocenters. The topological polar surface area (TPSA) is 46.6 Å². The summed E-state index contributed by atoms with van der Waals surface area (Å²) in [6.45, 7) is 3.46. The van der Waals surface area contributed by atoms with E-state index in [0.717, 1.165) is 11.0 Å². The molecule has 0 aliphatic heterocycles. The number of carbonyl (C=O) groups is 2. The molecule has 0 aromatic carbocycles. The lowest BCUT2D eigenvalue weighted by atomic mass is 10.3. The van der Waals surface area contributed by atoms with Crippen LogP contribution in [0.3, 0.4) is 0 Å². The molecule has 0 heterocycles. The Hall–Kier alpha value is -0.680. The van der Waals surface area contributed by atoms with Crippen LogP contribution in [0.5, 0.6) is 0 Å². The second-order valence-corrected chi connectivity index (χ2v) is 3.93. The molecule has 0 aromatic rings. The molecule has 0 aliphatic carbocycles. The molecule has 86 valence electrons. The molecule has 0 saturated heterocycles. The highest BCUT2D eigenvalue weighted by Gasteiger charge is 2.20. The van der Waals surface area contributed by atoms with E-state index in [-0.39, 0.29) is 11.6 Å². The third kappa shape index (κ3) is 4.57. The maximum atomic E-state index is 11.3. The van der Waals surface area contributed by atoms with Gasteiger partial charge in [-0.25, -0.2) is 4.79 Å². The number of allylic oxidation sites excluding steroid dienone is 1. The highest BCUT2D eigenvalue weighted by Crippen LogP contribution is 2.11. The van der Waals surface area contributed by atoms with E-state index in [9.17, 15) is 9.59 Å². The van der Waals surface area contributed by atoms with Gasteiger partial charge in [0.15, 0.2) is 0 Å². The van der Waals surface area contributed by atoms with Crippen LogP contribution in [0.1, 0.15) is 13.8 Å². The lowest BCUT2D eigenvalue weighted by Crippen LogP contribution is -2.34. The SMILES string of the molecule is C/C=C(\C(=O)OC)N(CCSCl)C(C)=O. The van der Waals surface area contributed by atoms with Gasteiger partial charge in [-0.1, -0.05) is 17.1 Å². The van der Waals surface area contributed by atoms with Gasteiger partial charge in [0, 0.05) is 19.2 Å². The van der Waals surface area contributed by atoms with Gasteiger partial charge in [-0.15, -0.1) is 0 Å². The van der Waals surface area contributed by atoms with Crippen molar-refractivity contribution in [2.75, 3.05) is 19.4 Å². The Kier molecular flexibility index (Phi) is 7.25. The lowest BCUT2D eigenvalue weighted by Gasteiger charge is -2.21. The summed E-state index contributed by atoms with van der Waals surface area (Å²) in [7, 11) is 7.83. The van der Waals surface area contributed by atoms with Crippen LogP contribution in [0, 0.1) is 0 Å². The minimum absolute atomic E-state index is 0.209. The zero-order valence-corrected chi connectivity index (χ0v) is 10.5. The first kappa shape index (κ1) is 14.3. The van der Waals surface area contributed by atoms with Crippen molar-refractivity contribution in [3.05, 3.63) is 11.8 Å². The van der Waals surface area contributed by atoms with Crippen LogP contribution in [0.25, 0.3) is 0 Å². The molecule has 0 aromatic heterocycles. The van der Waals surface area contributed by atoms with Crippen molar-refractivity contribution in [3.63, 3.8) is 0 Å². The molecule has 0 N–H and O–H groups in total. The van der Waals surface area contributed by atoms with Gasteiger partial charge < -0.3 is 9.64 Å². The molecular formula is C9H14ClNO3S. The molecule has 0 bridgehead atoms. The number of amides is 1. The van der Waals surface area contributed by atoms with Crippen LogP contribution in [-0.4, -0.2) is 36.2 Å². The Morgan fingerprint density at radius 2 is 2.13 bits per heavy atom. The van der Waals surface area contributed by atoms with Crippen molar-refractivity contribution in [1.82, 2.24) is 4.90 Å². The first-order valence-corrected chi connectivity index (χ1v) is 6.15. The second-order valence-electron chi connectivity index (χ2n) is 2.65.